The first-order valence-electron chi connectivity index (χ1n) is 4.39. The molecule has 0 unspecified atom stereocenters. The largest absolute Gasteiger partial charge is 0.541 e. The molecule has 4 nitrogen and oxygen atoms in total. The highest BCUT2D eigenvalue weighted by Gasteiger charge is 2.19. The molecule has 0 amide bonds. The first-order chi connectivity index (χ1) is 6.44. The summed E-state index contributed by atoms with van der Waals surface area (Å²) >= 11 is 0. The third-order valence-corrected chi connectivity index (χ3v) is 1.93. The second-order valence-electron chi connectivity index (χ2n) is 3.90. The summed E-state index contributed by atoms with van der Waals surface area (Å²) in [5, 5.41) is 0. The van der Waals surface area contributed by atoms with Crippen LogP contribution in [0.5, 0.6) is 5.88 Å². The van der Waals surface area contributed by atoms with Gasteiger partial charge in [-0.15, -0.1) is 0 Å². The van der Waals surface area contributed by atoms with Crippen LogP contribution in [0.2, 0.25) is 0 Å². The highest BCUT2D eigenvalue weighted by Crippen LogP contribution is 2.15. The van der Waals surface area contributed by atoms with E-state index in [1.165, 1.54) is 4.57 Å². The standard InChI is InChI=1S/C9H15NO3Si/c1-9(2,3)12-8(11)10-6-4-5-7(10)13-14/h4-6H,1-3,14H3. The maximum atomic E-state index is 11.6. The van der Waals surface area contributed by atoms with Crippen LogP contribution >= 0.6 is 0 Å². The molecule has 0 fully saturated rings. The van der Waals surface area contributed by atoms with Crippen molar-refractivity contribution in [2.24, 2.45) is 0 Å². The molecule has 78 valence electrons. The van der Waals surface area contributed by atoms with E-state index in [0.29, 0.717) is 16.4 Å². The van der Waals surface area contributed by atoms with Crippen molar-refractivity contribution in [3.05, 3.63) is 18.3 Å². The molecule has 0 aromatic carbocycles. The number of carbonyl (C=O) groups excluding carboxylic acids is 1. The molecule has 0 saturated carbocycles. The van der Waals surface area contributed by atoms with Crippen molar-refractivity contribution in [1.82, 2.24) is 4.57 Å². The minimum absolute atomic E-state index is 0.409. The molecule has 0 N–H and O–H groups in total. The van der Waals surface area contributed by atoms with Gasteiger partial charge >= 0.3 is 6.09 Å². The van der Waals surface area contributed by atoms with E-state index in [2.05, 4.69) is 0 Å². The fourth-order valence-corrected chi connectivity index (χ4v) is 1.33. The first-order valence-corrected chi connectivity index (χ1v) is 5.20. The minimum atomic E-state index is -0.482. The summed E-state index contributed by atoms with van der Waals surface area (Å²) in [4.78, 5) is 11.6. The second kappa shape index (κ2) is 3.87. The van der Waals surface area contributed by atoms with Crippen LogP contribution in [0.3, 0.4) is 0 Å². The van der Waals surface area contributed by atoms with Gasteiger partial charge < -0.3 is 9.16 Å². The molecule has 1 heterocycles. The predicted octanol–water partition coefficient (Wildman–Crippen LogP) is 0.930. The average Bonchev–Trinajstić information content (AvgIpc) is 2.47. The van der Waals surface area contributed by atoms with Gasteiger partial charge in [-0.2, -0.15) is 0 Å². The lowest BCUT2D eigenvalue weighted by atomic mass is 10.2. The molecule has 14 heavy (non-hydrogen) atoms. The Labute approximate surface area is 86.4 Å². The number of hydrogen-bond acceptors (Lipinski definition) is 3. The van der Waals surface area contributed by atoms with Crippen molar-refractivity contribution in [1.29, 1.82) is 0 Å². The Morgan fingerprint density at radius 2 is 2.14 bits per heavy atom. The molecule has 0 atom stereocenters. The molecule has 1 rings (SSSR count). The lowest BCUT2D eigenvalue weighted by Gasteiger charge is -2.20. The molecule has 0 spiro atoms. The van der Waals surface area contributed by atoms with Gasteiger partial charge in [-0.25, -0.2) is 9.36 Å². The Morgan fingerprint density at radius 3 is 2.64 bits per heavy atom. The zero-order chi connectivity index (χ0) is 10.8. The van der Waals surface area contributed by atoms with Gasteiger partial charge in [0, 0.05) is 6.20 Å². The van der Waals surface area contributed by atoms with E-state index in [4.69, 9.17) is 9.16 Å². The highest BCUT2D eigenvalue weighted by molar-refractivity contribution is 6.00. The molecule has 1 aromatic rings. The summed E-state index contributed by atoms with van der Waals surface area (Å²) in [6.45, 7) is 5.49. The van der Waals surface area contributed by atoms with Gasteiger partial charge in [0.1, 0.15) is 5.60 Å². The van der Waals surface area contributed by atoms with Crippen LogP contribution in [-0.4, -0.2) is 26.7 Å². The number of nitrogens with zero attached hydrogens (tertiary/aromatic N) is 1. The van der Waals surface area contributed by atoms with Crippen molar-refractivity contribution in [2.45, 2.75) is 26.4 Å². The lowest BCUT2D eigenvalue weighted by molar-refractivity contribution is 0.0530. The monoisotopic (exact) mass is 213 g/mol. The maximum Gasteiger partial charge on any atom is 0.421 e. The molecular formula is C9H15NO3Si. The van der Waals surface area contributed by atoms with E-state index in [0.717, 1.165) is 0 Å². The fraction of sp³-hybridized carbons (Fsp3) is 0.444. The van der Waals surface area contributed by atoms with Gasteiger partial charge in [-0.1, -0.05) is 0 Å². The quantitative estimate of drug-likeness (QED) is 0.652. The van der Waals surface area contributed by atoms with E-state index in [1.807, 2.05) is 20.8 Å². The molecule has 0 aliphatic rings. The van der Waals surface area contributed by atoms with Crippen molar-refractivity contribution < 1.29 is 14.0 Å². The molecule has 0 aliphatic carbocycles. The van der Waals surface area contributed by atoms with Gasteiger partial charge in [0.15, 0.2) is 5.88 Å². The minimum Gasteiger partial charge on any atom is -0.541 e. The van der Waals surface area contributed by atoms with E-state index >= 15 is 0 Å². The van der Waals surface area contributed by atoms with Crippen molar-refractivity contribution in [2.75, 3.05) is 0 Å². The van der Waals surface area contributed by atoms with E-state index in [-0.39, 0.29) is 0 Å². The average molecular weight is 213 g/mol. The van der Waals surface area contributed by atoms with Crippen LogP contribution < -0.4 is 4.43 Å². The zero-order valence-corrected chi connectivity index (χ0v) is 10.9. The smallest absolute Gasteiger partial charge is 0.421 e. The predicted molar refractivity (Wildman–Crippen MR) is 56.6 cm³/mol. The van der Waals surface area contributed by atoms with E-state index in [1.54, 1.807) is 18.3 Å². The molecule has 0 radical (unpaired) electrons. The van der Waals surface area contributed by atoms with Gasteiger partial charge in [-0.3, -0.25) is 0 Å². The Balaban J connectivity index is 2.80. The highest BCUT2D eigenvalue weighted by atomic mass is 28.2. The summed E-state index contributed by atoms with van der Waals surface area (Å²) in [6, 6.07) is 3.48. The van der Waals surface area contributed by atoms with E-state index in [9.17, 15) is 4.79 Å². The van der Waals surface area contributed by atoms with Crippen LogP contribution in [0.4, 0.5) is 4.79 Å². The molecular weight excluding hydrogens is 198 g/mol. The number of ether oxygens (including phenoxy) is 1. The molecule has 1 aromatic heterocycles. The van der Waals surface area contributed by atoms with Gasteiger partial charge in [0.25, 0.3) is 0 Å². The molecule has 0 aliphatic heterocycles. The molecule has 0 saturated heterocycles. The molecule has 0 bridgehead atoms. The number of hydrogen-bond donors (Lipinski definition) is 0. The normalized spacial score (nSPS) is 11.4. The summed E-state index contributed by atoms with van der Waals surface area (Å²) < 4.78 is 11.7. The van der Waals surface area contributed by atoms with Crippen LogP contribution in [-0.2, 0) is 4.74 Å². The zero-order valence-electron chi connectivity index (χ0n) is 8.90. The van der Waals surface area contributed by atoms with Crippen LogP contribution in [0.15, 0.2) is 18.3 Å². The summed E-state index contributed by atoms with van der Waals surface area (Å²) in [5.41, 5.74) is -0.482. The van der Waals surface area contributed by atoms with Crippen molar-refractivity contribution >= 4 is 16.6 Å². The Morgan fingerprint density at radius 1 is 1.50 bits per heavy atom. The lowest BCUT2D eigenvalue weighted by Crippen LogP contribution is -2.27. The van der Waals surface area contributed by atoms with Crippen molar-refractivity contribution in [3.63, 3.8) is 0 Å². The SMILES string of the molecule is CC(C)(C)OC(=O)n1cccc1O[SiH3]. The van der Waals surface area contributed by atoms with Gasteiger partial charge in [0.2, 0.25) is 10.5 Å². The topological polar surface area (TPSA) is 40.5 Å². The van der Waals surface area contributed by atoms with Gasteiger partial charge in [0.05, 0.1) is 0 Å². The van der Waals surface area contributed by atoms with Gasteiger partial charge in [-0.05, 0) is 32.9 Å². The second-order valence-corrected chi connectivity index (χ2v) is 4.31. The van der Waals surface area contributed by atoms with Crippen LogP contribution in [0.25, 0.3) is 0 Å². The summed E-state index contributed by atoms with van der Waals surface area (Å²) in [7, 11) is 0.550. The third kappa shape index (κ3) is 2.63. The Hall–Kier alpha value is -1.23. The Bertz CT molecular complexity index is 327. The van der Waals surface area contributed by atoms with Crippen LogP contribution in [0, 0.1) is 0 Å². The number of rotatable bonds is 1. The maximum absolute atomic E-state index is 11.6. The first kappa shape index (κ1) is 10.8. The number of aromatic nitrogens is 1. The number of carbonyl (C=O) groups is 1. The molecule has 5 heteroatoms. The van der Waals surface area contributed by atoms with E-state index < -0.39 is 11.7 Å². The summed E-state index contributed by atoms with van der Waals surface area (Å²) in [5.74, 6) is 0.533. The Kier molecular flexibility index (Phi) is 3.00. The van der Waals surface area contributed by atoms with Crippen molar-refractivity contribution in [3.8, 4) is 5.88 Å². The summed E-state index contributed by atoms with van der Waals surface area (Å²) in [6.07, 6.45) is 1.22. The third-order valence-electron chi connectivity index (χ3n) is 1.51. The fourth-order valence-electron chi connectivity index (χ4n) is 0.994. The van der Waals surface area contributed by atoms with Crippen LogP contribution in [0.1, 0.15) is 20.8 Å².